The SMILES string of the molecule is CCC(CNc1ccccc1C(C)C)Oc1cccc(C)c1. The highest BCUT2D eigenvalue weighted by atomic mass is 16.5. The minimum atomic E-state index is 0.169. The topological polar surface area (TPSA) is 21.3 Å². The van der Waals surface area contributed by atoms with E-state index in [1.54, 1.807) is 0 Å². The standard InChI is InChI=1S/C20H27NO/c1-5-17(22-18-10-8-9-16(4)13-18)14-21-20-12-7-6-11-19(20)15(2)3/h6-13,15,17,21H,5,14H2,1-4H3. The van der Waals surface area contributed by atoms with E-state index in [1.165, 1.54) is 16.8 Å². The van der Waals surface area contributed by atoms with Gasteiger partial charge in [0.25, 0.3) is 0 Å². The average molecular weight is 297 g/mol. The summed E-state index contributed by atoms with van der Waals surface area (Å²) in [4.78, 5) is 0. The van der Waals surface area contributed by atoms with Crippen LogP contribution in [0.15, 0.2) is 48.5 Å². The first-order chi connectivity index (χ1) is 10.6. The van der Waals surface area contributed by atoms with Crippen molar-refractivity contribution in [3.05, 3.63) is 59.7 Å². The number of hydrogen-bond donors (Lipinski definition) is 1. The van der Waals surface area contributed by atoms with Crippen LogP contribution in [0.5, 0.6) is 5.75 Å². The van der Waals surface area contributed by atoms with Gasteiger partial charge in [0.15, 0.2) is 0 Å². The summed E-state index contributed by atoms with van der Waals surface area (Å²) in [5.41, 5.74) is 3.79. The predicted molar refractivity (Wildman–Crippen MR) is 94.9 cm³/mol. The Bertz CT molecular complexity index is 592. The lowest BCUT2D eigenvalue weighted by Gasteiger charge is -2.21. The molecule has 0 saturated carbocycles. The fraction of sp³-hybridized carbons (Fsp3) is 0.400. The average Bonchev–Trinajstić information content (AvgIpc) is 2.51. The predicted octanol–water partition coefficient (Wildman–Crippen LogP) is 5.39. The molecule has 2 heteroatoms. The van der Waals surface area contributed by atoms with Crippen molar-refractivity contribution >= 4 is 5.69 Å². The van der Waals surface area contributed by atoms with Crippen molar-refractivity contribution in [1.82, 2.24) is 0 Å². The molecule has 1 unspecified atom stereocenters. The third-order valence-corrected chi connectivity index (χ3v) is 3.85. The van der Waals surface area contributed by atoms with Crippen LogP contribution in [0.4, 0.5) is 5.69 Å². The maximum Gasteiger partial charge on any atom is 0.120 e. The molecule has 0 aliphatic rings. The van der Waals surface area contributed by atoms with Gasteiger partial charge in [0.05, 0.1) is 6.54 Å². The van der Waals surface area contributed by atoms with Gasteiger partial charge in [-0.05, 0) is 48.6 Å². The van der Waals surface area contributed by atoms with Crippen LogP contribution in [0.1, 0.15) is 44.2 Å². The van der Waals surface area contributed by atoms with E-state index in [1.807, 2.05) is 12.1 Å². The minimum Gasteiger partial charge on any atom is -0.489 e. The van der Waals surface area contributed by atoms with Gasteiger partial charge in [-0.1, -0.05) is 51.1 Å². The normalized spacial score (nSPS) is 12.2. The Morgan fingerprint density at radius 1 is 1.05 bits per heavy atom. The van der Waals surface area contributed by atoms with Gasteiger partial charge in [-0.3, -0.25) is 0 Å². The first kappa shape index (κ1) is 16.4. The lowest BCUT2D eigenvalue weighted by atomic mass is 10.0. The second-order valence-electron chi connectivity index (χ2n) is 6.09. The highest BCUT2D eigenvalue weighted by molar-refractivity contribution is 5.52. The van der Waals surface area contributed by atoms with Gasteiger partial charge in [0.1, 0.15) is 11.9 Å². The van der Waals surface area contributed by atoms with Gasteiger partial charge in [0.2, 0.25) is 0 Å². The van der Waals surface area contributed by atoms with Crippen molar-refractivity contribution in [2.45, 2.75) is 46.1 Å². The molecule has 118 valence electrons. The van der Waals surface area contributed by atoms with Gasteiger partial charge >= 0.3 is 0 Å². The number of rotatable bonds is 7. The molecule has 1 N–H and O–H groups in total. The Morgan fingerprint density at radius 2 is 1.82 bits per heavy atom. The second kappa shape index (κ2) is 7.88. The lowest BCUT2D eigenvalue weighted by Crippen LogP contribution is -2.25. The maximum atomic E-state index is 6.10. The second-order valence-corrected chi connectivity index (χ2v) is 6.09. The summed E-state index contributed by atoms with van der Waals surface area (Å²) in [6.07, 6.45) is 1.15. The zero-order chi connectivity index (χ0) is 15.9. The molecule has 0 fully saturated rings. The van der Waals surface area contributed by atoms with Crippen molar-refractivity contribution in [3.63, 3.8) is 0 Å². The molecule has 2 aromatic rings. The van der Waals surface area contributed by atoms with Crippen molar-refractivity contribution in [3.8, 4) is 5.75 Å². The fourth-order valence-corrected chi connectivity index (χ4v) is 2.54. The van der Waals surface area contributed by atoms with Crippen LogP contribution in [0, 0.1) is 6.92 Å². The van der Waals surface area contributed by atoms with Gasteiger partial charge in [-0.15, -0.1) is 0 Å². The summed E-state index contributed by atoms with van der Waals surface area (Å²) in [6.45, 7) is 9.51. The molecule has 0 aliphatic carbocycles. The van der Waals surface area contributed by atoms with Gasteiger partial charge < -0.3 is 10.1 Å². The summed E-state index contributed by atoms with van der Waals surface area (Å²) in [5.74, 6) is 1.47. The van der Waals surface area contributed by atoms with Crippen LogP contribution in [0.3, 0.4) is 0 Å². The molecule has 2 rings (SSSR count). The Balaban J connectivity index is 1.99. The van der Waals surface area contributed by atoms with E-state index in [2.05, 4.69) is 69.4 Å². The maximum absolute atomic E-state index is 6.10. The van der Waals surface area contributed by atoms with Crippen LogP contribution < -0.4 is 10.1 Å². The number of hydrogen-bond acceptors (Lipinski definition) is 2. The third kappa shape index (κ3) is 4.52. The number of benzene rings is 2. The molecule has 0 spiro atoms. The fourth-order valence-electron chi connectivity index (χ4n) is 2.54. The van der Waals surface area contributed by atoms with E-state index in [9.17, 15) is 0 Å². The van der Waals surface area contributed by atoms with Crippen molar-refractivity contribution in [1.29, 1.82) is 0 Å². The van der Waals surface area contributed by atoms with Crippen LogP contribution in [0.2, 0.25) is 0 Å². The van der Waals surface area contributed by atoms with Crippen LogP contribution in [-0.2, 0) is 0 Å². The Hall–Kier alpha value is -1.96. The Morgan fingerprint density at radius 3 is 2.50 bits per heavy atom. The number of para-hydroxylation sites is 1. The van der Waals surface area contributed by atoms with Crippen molar-refractivity contribution < 1.29 is 4.74 Å². The lowest BCUT2D eigenvalue weighted by molar-refractivity contribution is 0.210. The van der Waals surface area contributed by atoms with E-state index in [0.717, 1.165) is 18.7 Å². The first-order valence-corrected chi connectivity index (χ1v) is 8.16. The summed E-state index contributed by atoms with van der Waals surface area (Å²) in [6, 6.07) is 16.8. The van der Waals surface area contributed by atoms with Crippen LogP contribution in [-0.4, -0.2) is 12.6 Å². The van der Waals surface area contributed by atoms with E-state index in [0.29, 0.717) is 5.92 Å². The quantitative estimate of drug-likeness (QED) is 0.740. The molecule has 0 aromatic heterocycles. The van der Waals surface area contributed by atoms with Crippen LogP contribution >= 0.6 is 0 Å². The number of nitrogens with one attached hydrogen (secondary N) is 1. The Kier molecular flexibility index (Phi) is 5.88. The number of ether oxygens (including phenoxy) is 1. The van der Waals surface area contributed by atoms with Crippen molar-refractivity contribution in [2.75, 3.05) is 11.9 Å². The molecule has 2 nitrogen and oxygen atoms in total. The number of aryl methyl sites for hydroxylation is 1. The zero-order valence-corrected chi connectivity index (χ0v) is 14.1. The third-order valence-electron chi connectivity index (χ3n) is 3.85. The summed E-state index contributed by atoms with van der Waals surface area (Å²) in [7, 11) is 0. The highest BCUT2D eigenvalue weighted by Crippen LogP contribution is 2.24. The van der Waals surface area contributed by atoms with Gasteiger partial charge in [-0.2, -0.15) is 0 Å². The smallest absolute Gasteiger partial charge is 0.120 e. The molecule has 22 heavy (non-hydrogen) atoms. The summed E-state index contributed by atoms with van der Waals surface area (Å²) in [5, 5.41) is 3.56. The monoisotopic (exact) mass is 297 g/mol. The summed E-state index contributed by atoms with van der Waals surface area (Å²) < 4.78 is 6.10. The minimum absolute atomic E-state index is 0.169. The molecule has 0 saturated heterocycles. The van der Waals surface area contributed by atoms with E-state index >= 15 is 0 Å². The van der Waals surface area contributed by atoms with Crippen molar-refractivity contribution in [2.24, 2.45) is 0 Å². The Labute approximate surface area is 134 Å². The van der Waals surface area contributed by atoms with Gasteiger partial charge in [0, 0.05) is 5.69 Å². The molecular formula is C20H27NO. The molecule has 0 heterocycles. The molecular weight excluding hydrogens is 270 g/mol. The molecule has 0 radical (unpaired) electrons. The van der Waals surface area contributed by atoms with E-state index in [-0.39, 0.29) is 6.10 Å². The van der Waals surface area contributed by atoms with Crippen LogP contribution in [0.25, 0.3) is 0 Å². The van der Waals surface area contributed by atoms with E-state index in [4.69, 9.17) is 4.74 Å². The molecule has 0 bridgehead atoms. The van der Waals surface area contributed by atoms with E-state index < -0.39 is 0 Å². The molecule has 0 aliphatic heterocycles. The molecule has 0 amide bonds. The molecule has 2 aromatic carbocycles. The summed E-state index contributed by atoms with van der Waals surface area (Å²) >= 11 is 0. The highest BCUT2D eigenvalue weighted by Gasteiger charge is 2.10. The zero-order valence-electron chi connectivity index (χ0n) is 14.1. The molecule has 1 atom stereocenters. The van der Waals surface area contributed by atoms with Gasteiger partial charge in [-0.25, -0.2) is 0 Å². The number of anilines is 1. The largest absolute Gasteiger partial charge is 0.489 e. The first-order valence-electron chi connectivity index (χ1n) is 8.16.